The van der Waals surface area contributed by atoms with Crippen molar-refractivity contribution in [2.24, 2.45) is 7.05 Å². The number of thiophene rings is 1. The van der Waals surface area contributed by atoms with E-state index < -0.39 is 0 Å². The molecule has 2 rings (SSSR count). The van der Waals surface area contributed by atoms with Crippen LogP contribution in [0.3, 0.4) is 0 Å². The van der Waals surface area contributed by atoms with E-state index in [9.17, 15) is 4.79 Å². The first-order valence-corrected chi connectivity index (χ1v) is 7.87. The van der Waals surface area contributed by atoms with Crippen molar-refractivity contribution in [3.05, 3.63) is 28.2 Å². The SMILES string of the molecule is CCNC(=O)CSc1nnc(Cc2cccs2)n1C. The standard InChI is InChI=1S/C12H16N4OS2/c1-3-13-11(17)8-19-12-15-14-10(16(12)2)7-9-5-4-6-18-9/h4-6H,3,7-8H2,1-2H3,(H,13,17). The molecule has 19 heavy (non-hydrogen) atoms. The molecule has 0 aliphatic carbocycles. The summed E-state index contributed by atoms with van der Waals surface area (Å²) in [6.45, 7) is 2.56. The number of nitrogens with zero attached hydrogens (tertiary/aromatic N) is 3. The summed E-state index contributed by atoms with van der Waals surface area (Å²) >= 11 is 3.12. The molecule has 2 aromatic heterocycles. The third-order valence-corrected chi connectivity index (χ3v) is 4.44. The minimum absolute atomic E-state index is 0.0234. The van der Waals surface area contributed by atoms with Crippen molar-refractivity contribution >= 4 is 29.0 Å². The fraction of sp³-hybridized carbons (Fsp3) is 0.417. The monoisotopic (exact) mass is 296 g/mol. The van der Waals surface area contributed by atoms with Crippen molar-refractivity contribution in [1.82, 2.24) is 20.1 Å². The highest BCUT2D eigenvalue weighted by Gasteiger charge is 2.11. The number of aromatic nitrogens is 3. The van der Waals surface area contributed by atoms with Gasteiger partial charge in [-0.25, -0.2) is 0 Å². The van der Waals surface area contributed by atoms with E-state index in [1.54, 1.807) is 11.3 Å². The summed E-state index contributed by atoms with van der Waals surface area (Å²) in [5.74, 6) is 1.31. The molecular weight excluding hydrogens is 280 g/mol. The van der Waals surface area contributed by atoms with Crippen molar-refractivity contribution in [3.8, 4) is 0 Å². The molecule has 2 heterocycles. The molecule has 0 aromatic carbocycles. The molecule has 7 heteroatoms. The van der Waals surface area contributed by atoms with E-state index in [1.807, 2.05) is 24.6 Å². The Hall–Kier alpha value is -1.34. The number of nitrogens with one attached hydrogen (secondary N) is 1. The predicted octanol–water partition coefficient (Wildman–Crippen LogP) is 1.70. The Bertz CT molecular complexity index is 536. The first-order valence-electron chi connectivity index (χ1n) is 6.01. The molecule has 1 amide bonds. The second kappa shape index (κ2) is 6.72. The zero-order valence-electron chi connectivity index (χ0n) is 10.9. The van der Waals surface area contributed by atoms with Crippen molar-refractivity contribution in [1.29, 1.82) is 0 Å². The number of rotatable bonds is 6. The molecule has 1 N–H and O–H groups in total. The second-order valence-electron chi connectivity index (χ2n) is 3.96. The summed E-state index contributed by atoms with van der Waals surface area (Å²) in [7, 11) is 1.93. The van der Waals surface area contributed by atoms with E-state index in [0.717, 1.165) is 17.4 Å². The van der Waals surface area contributed by atoms with Crippen LogP contribution < -0.4 is 5.32 Å². The van der Waals surface area contributed by atoms with Crippen molar-refractivity contribution in [3.63, 3.8) is 0 Å². The highest BCUT2D eigenvalue weighted by atomic mass is 32.2. The summed E-state index contributed by atoms with van der Waals surface area (Å²) in [6, 6.07) is 4.11. The minimum atomic E-state index is 0.0234. The largest absolute Gasteiger partial charge is 0.356 e. The molecule has 0 bridgehead atoms. The second-order valence-corrected chi connectivity index (χ2v) is 5.93. The van der Waals surface area contributed by atoms with Crippen LogP contribution >= 0.6 is 23.1 Å². The van der Waals surface area contributed by atoms with E-state index in [0.29, 0.717) is 12.3 Å². The number of hydrogen-bond acceptors (Lipinski definition) is 5. The predicted molar refractivity (Wildman–Crippen MR) is 77.5 cm³/mol. The lowest BCUT2D eigenvalue weighted by Crippen LogP contribution is -2.24. The van der Waals surface area contributed by atoms with E-state index in [1.165, 1.54) is 16.6 Å². The lowest BCUT2D eigenvalue weighted by atomic mass is 10.3. The van der Waals surface area contributed by atoms with Crippen molar-refractivity contribution in [2.75, 3.05) is 12.3 Å². The van der Waals surface area contributed by atoms with Crippen LogP contribution in [0.4, 0.5) is 0 Å². The third-order valence-electron chi connectivity index (χ3n) is 2.54. The lowest BCUT2D eigenvalue weighted by molar-refractivity contribution is -0.118. The highest BCUT2D eigenvalue weighted by molar-refractivity contribution is 7.99. The van der Waals surface area contributed by atoms with Gasteiger partial charge in [0.1, 0.15) is 5.82 Å². The molecule has 0 saturated carbocycles. The maximum Gasteiger partial charge on any atom is 0.230 e. The average Bonchev–Trinajstić information content (AvgIpc) is 3.00. The number of amides is 1. The van der Waals surface area contributed by atoms with Gasteiger partial charge < -0.3 is 9.88 Å². The summed E-state index contributed by atoms with van der Waals surface area (Å²) in [4.78, 5) is 12.7. The Morgan fingerprint density at radius 3 is 3.05 bits per heavy atom. The van der Waals surface area contributed by atoms with Crippen LogP contribution in [0.1, 0.15) is 17.6 Å². The normalized spacial score (nSPS) is 10.6. The first-order chi connectivity index (χ1) is 9.20. The van der Waals surface area contributed by atoms with Gasteiger partial charge in [0.2, 0.25) is 5.91 Å². The number of thioether (sulfide) groups is 1. The zero-order chi connectivity index (χ0) is 13.7. The molecule has 0 spiro atoms. The van der Waals surface area contributed by atoms with E-state index in [-0.39, 0.29) is 5.91 Å². The van der Waals surface area contributed by atoms with Gasteiger partial charge in [0.15, 0.2) is 5.16 Å². The first kappa shape index (κ1) is 14.1. The maximum atomic E-state index is 11.4. The van der Waals surface area contributed by atoms with Gasteiger partial charge in [0, 0.05) is 24.9 Å². The maximum absolute atomic E-state index is 11.4. The number of carbonyl (C=O) groups is 1. The van der Waals surface area contributed by atoms with Gasteiger partial charge >= 0.3 is 0 Å². The van der Waals surface area contributed by atoms with Crippen LogP contribution in [-0.4, -0.2) is 33.0 Å². The van der Waals surface area contributed by atoms with Gasteiger partial charge in [0.05, 0.1) is 5.75 Å². The summed E-state index contributed by atoms with van der Waals surface area (Å²) < 4.78 is 1.95. The van der Waals surface area contributed by atoms with Gasteiger partial charge in [-0.2, -0.15) is 0 Å². The molecule has 0 fully saturated rings. The molecule has 0 aliphatic heterocycles. The molecule has 2 aromatic rings. The Kier molecular flexibility index (Phi) is 4.98. The summed E-state index contributed by atoms with van der Waals surface area (Å²) in [5.41, 5.74) is 0. The van der Waals surface area contributed by atoms with Crippen LogP contribution in [-0.2, 0) is 18.3 Å². The molecule has 0 aliphatic rings. The Morgan fingerprint density at radius 2 is 2.37 bits per heavy atom. The van der Waals surface area contributed by atoms with Gasteiger partial charge in [-0.05, 0) is 18.4 Å². The minimum Gasteiger partial charge on any atom is -0.356 e. The molecule has 5 nitrogen and oxygen atoms in total. The van der Waals surface area contributed by atoms with Crippen LogP contribution in [0.2, 0.25) is 0 Å². The van der Waals surface area contributed by atoms with Crippen molar-refractivity contribution < 1.29 is 4.79 Å². The van der Waals surface area contributed by atoms with Crippen molar-refractivity contribution in [2.45, 2.75) is 18.5 Å². The fourth-order valence-corrected chi connectivity index (χ4v) is 3.03. The summed E-state index contributed by atoms with van der Waals surface area (Å²) in [6.07, 6.45) is 0.781. The smallest absolute Gasteiger partial charge is 0.230 e. The van der Waals surface area contributed by atoms with E-state index >= 15 is 0 Å². The Morgan fingerprint density at radius 1 is 1.53 bits per heavy atom. The topological polar surface area (TPSA) is 59.8 Å². The van der Waals surface area contributed by atoms with Gasteiger partial charge in [-0.1, -0.05) is 17.8 Å². The molecular formula is C12H16N4OS2. The molecule has 0 saturated heterocycles. The van der Waals surface area contributed by atoms with Crippen LogP contribution in [0, 0.1) is 0 Å². The molecule has 0 radical (unpaired) electrons. The van der Waals surface area contributed by atoms with E-state index in [4.69, 9.17) is 0 Å². The van der Waals surface area contributed by atoms with Gasteiger partial charge in [-0.15, -0.1) is 21.5 Å². The molecule has 0 atom stereocenters. The number of hydrogen-bond donors (Lipinski definition) is 1. The van der Waals surface area contributed by atoms with Gasteiger partial charge in [0.25, 0.3) is 0 Å². The Labute approximate surface area is 120 Å². The fourth-order valence-electron chi connectivity index (χ4n) is 1.57. The highest BCUT2D eigenvalue weighted by Crippen LogP contribution is 2.18. The van der Waals surface area contributed by atoms with E-state index in [2.05, 4.69) is 27.0 Å². The summed E-state index contributed by atoms with van der Waals surface area (Å²) in [5, 5.41) is 13.9. The van der Waals surface area contributed by atoms with Crippen LogP contribution in [0.15, 0.2) is 22.7 Å². The number of carbonyl (C=O) groups excluding carboxylic acids is 1. The van der Waals surface area contributed by atoms with Crippen LogP contribution in [0.25, 0.3) is 0 Å². The molecule has 0 unspecified atom stereocenters. The molecule has 102 valence electrons. The Balaban J connectivity index is 1.96. The third kappa shape index (κ3) is 3.81. The average molecular weight is 296 g/mol. The van der Waals surface area contributed by atoms with Crippen LogP contribution in [0.5, 0.6) is 0 Å². The quantitative estimate of drug-likeness (QED) is 0.824. The zero-order valence-corrected chi connectivity index (χ0v) is 12.6. The van der Waals surface area contributed by atoms with Gasteiger partial charge in [-0.3, -0.25) is 4.79 Å². The lowest BCUT2D eigenvalue weighted by Gasteiger charge is -2.03.